The van der Waals surface area contributed by atoms with Crippen LogP contribution in [0, 0.1) is 11.3 Å². The molecule has 0 radical (unpaired) electrons. The van der Waals surface area contributed by atoms with Gasteiger partial charge in [-0.05, 0) is 36.3 Å². The summed E-state index contributed by atoms with van der Waals surface area (Å²) in [6.45, 7) is 7.01. The molecule has 21 heavy (non-hydrogen) atoms. The standard InChI is InChI=1S/C17H26N2O2/c1-12-9-17(2,3)10-15(12)19-13-6-5-7-14(8-13)21-11-16(20)18-4/h5-8,12,15,19H,9-11H2,1-4H3,(H,18,20). The maximum Gasteiger partial charge on any atom is 0.257 e. The molecule has 0 bridgehead atoms. The van der Waals surface area contributed by atoms with Crippen molar-refractivity contribution in [3.05, 3.63) is 24.3 Å². The predicted molar refractivity (Wildman–Crippen MR) is 85.6 cm³/mol. The summed E-state index contributed by atoms with van der Waals surface area (Å²) in [5, 5.41) is 6.15. The minimum atomic E-state index is -0.125. The smallest absolute Gasteiger partial charge is 0.257 e. The molecule has 4 nitrogen and oxygen atoms in total. The number of likely N-dealkylation sites (N-methyl/N-ethyl adjacent to an activating group) is 1. The number of hydrogen-bond donors (Lipinski definition) is 2. The molecule has 2 unspecified atom stereocenters. The highest BCUT2D eigenvalue weighted by molar-refractivity contribution is 5.77. The van der Waals surface area contributed by atoms with Crippen LogP contribution in [0.2, 0.25) is 0 Å². The summed E-state index contributed by atoms with van der Waals surface area (Å²) in [6.07, 6.45) is 2.43. The molecule has 0 saturated heterocycles. The SMILES string of the molecule is CNC(=O)COc1cccc(NC2CC(C)(C)CC2C)c1. The average molecular weight is 290 g/mol. The summed E-state index contributed by atoms with van der Waals surface area (Å²) in [7, 11) is 1.60. The number of carbonyl (C=O) groups is 1. The Hall–Kier alpha value is -1.71. The van der Waals surface area contributed by atoms with Gasteiger partial charge in [0.25, 0.3) is 5.91 Å². The molecule has 1 saturated carbocycles. The fraction of sp³-hybridized carbons (Fsp3) is 0.588. The first kappa shape index (κ1) is 15.7. The Kier molecular flexibility index (Phi) is 4.76. The topological polar surface area (TPSA) is 50.4 Å². The number of nitrogens with one attached hydrogen (secondary N) is 2. The van der Waals surface area contributed by atoms with Gasteiger partial charge in [-0.25, -0.2) is 0 Å². The van der Waals surface area contributed by atoms with Crippen molar-refractivity contribution < 1.29 is 9.53 Å². The molecule has 0 aliphatic heterocycles. The second-order valence-corrected chi connectivity index (χ2v) is 6.79. The van der Waals surface area contributed by atoms with Crippen LogP contribution in [0.5, 0.6) is 5.75 Å². The summed E-state index contributed by atoms with van der Waals surface area (Å²) >= 11 is 0. The monoisotopic (exact) mass is 290 g/mol. The number of benzene rings is 1. The predicted octanol–water partition coefficient (Wildman–Crippen LogP) is 3.05. The molecular weight excluding hydrogens is 264 g/mol. The van der Waals surface area contributed by atoms with Crippen molar-refractivity contribution in [2.75, 3.05) is 19.0 Å². The highest BCUT2D eigenvalue weighted by Crippen LogP contribution is 2.42. The van der Waals surface area contributed by atoms with Gasteiger partial charge in [0.15, 0.2) is 6.61 Å². The minimum absolute atomic E-state index is 0.0484. The Morgan fingerprint density at radius 1 is 1.38 bits per heavy atom. The summed E-state index contributed by atoms with van der Waals surface area (Å²) in [5.41, 5.74) is 1.46. The van der Waals surface area contributed by atoms with Crippen molar-refractivity contribution in [2.45, 2.75) is 39.7 Å². The minimum Gasteiger partial charge on any atom is -0.484 e. The highest BCUT2D eigenvalue weighted by atomic mass is 16.5. The zero-order valence-electron chi connectivity index (χ0n) is 13.4. The molecule has 2 rings (SSSR count). The van der Waals surface area contributed by atoms with Crippen molar-refractivity contribution in [3.8, 4) is 5.75 Å². The summed E-state index contributed by atoms with van der Waals surface area (Å²) in [5.74, 6) is 1.25. The molecule has 0 spiro atoms. The molecule has 4 heteroatoms. The van der Waals surface area contributed by atoms with Crippen molar-refractivity contribution in [1.29, 1.82) is 0 Å². The van der Waals surface area contributed by atoms with Gasteiger partial charge in [0.2, 0.25) is 0 Å². The van der Waals surface area contributed by atoms with E-state index in [2.05, 4.69) is 31.4 Å². The van der Waals surface area contributed by atoms with Crippen LogP contribution in [0.25, 0.3) is 0 Å². The van der Waals surface area contributed by atoms with Gasteiger partial charge < -0.3 is 15.4 Å². The van der Waals surface area contributed by atoms with Crippen molar-refractivity contribution in [1.82, 2.24) is 5.32 Å². The van der Waals surface area contributed by atoms with Crippen molar-refractivity contribution in [3.63, 3.8) is 0 Å². The summed E-state index contributed by atoms with van der Waals surface area (Å²) in [4.78, 5) is 11.2. The van der Waals surface area contributed by atoms with E-state index in [0.29, 0.717) is 23.1 Å². The average Bonchev–Trinajstić information content (AvgIpc) is 2.69. The van der Waals surface area contributed by atoms with Crippen LogP contribution in [0.4, 0.5) is 5.69 Å². The van der Waals surface area contributed by atoms with E-state index in [1.807, 2.05) is 24.3 Å². The van der Waals surface area contributed by atoms with E-state index in [-0.39, 0.29) is 12.5 Å². The fourth-order valence-electron chi connectivity index (χ4n) is 3.20. The van der Waals surface area contributed by atoms with E-state index in [9.17, 15) is 4.79 Å². The zero-order chi connectivity index (χ0) is 15.5. The molecule has 0 aromatic heterocycles. The third-order valence-electron chi connectivity index (χ3n) is 4.17. The van der Waals surface area contributed by atoms with Gasteiger partial charge >= 0.3 is 0 Å². The molecule has 2 N–H and O–H groups in total. The Bertz CT molecular complexity index is 499. The van der Waals surface area contributed by atoms with Crippen LogP contribution in [0.15, 0.2) is 24.3 Å². The molecule has 1 aromatic carbocycles. The normalized spacial score (nSPS) is 23.6. The second kappa shape index (κ2) is 6.37. The third kappa shape index (κ3) is 4.38. The third-order valence-corrected chi connectivity index (χ3v) is 4.17. The quantitative estimate of drug-likeness (QED) is 0.876. The number of anilines is 1. The number of rotatable bonds is 5. The van der Waals surface area contributed by atoms with E-state index in [1.165, 1.54) is 12.8 Å². The van der Waals surface area contributed by atoms with Gasteiger partial charge in [0.05, 0.1) is 0 Å². The number of carbonyl (C=O) groups excluding carboxylic acids is 1. The second-order valence-electron chi connectivity index (χ2n) is 6.79. The number of ether oxygens (including phenoxy) is 1. The highest BCUT2D eigenvalue weighted by Gasteiger charge is 2.36. The lowest BCUT2D eigenvalue weighted by atomic mass is 9.91. The Labute approximate surface area is 127 Å². The first-order valence-corrected chi connectivity index (χ1v) is 7.59. The maximum absolute atomic E-state index is 11.2. The van der Waals surface area contributed by atoms with Crippen LogP contribution in [-0.2, 0) is 4.79 Å². The first-order chi connectivity index (χ1) is 9.89. The first-order valence-electron chi connectivity index (χ1n) is 7.59. The lowest BCUT2D eigenvalue weighted by Crippen LogP contribution is -2.25. The van der Waals surface area contributed by atoms with Crippen molar-refractivity contribution >= 4 is 11.6 Å². The van der Waals surface area contributed by atoms with Gasteiger partial charge in [-0.1, -0.05) is 26.8 Å². The number of hydrogen-bond acceptors (Lipinski definition) is 3. The number of amides is 1. The molecule has 1 aliphatic rings. The van der Waals surface area contributed by atoms with Gasteiger partial charge in [-0.15, -0.1) is 0 Å². The van der Waals surface area contributed by atoms with Crippen LogP contribution in [0.3, 0.4) is 0 Å². The Morgan fingerprint density at radius 2 is 2.14 bits per heavy atom. The molecule has 1 amide bonds. The summed E-state index contributed by atoms with van der Waals surface area (Å²) in [6, 6.07) is 8.32. The fourth-order valence-corrected chi connectivity index (χ4v) is 3.20. The van der Waals surface area contributed by atoms with Gasteiger partial charge in [-0.3, -0.25) is 4.79 Å². The maximum atomic E-state index is 11.2. The van der Waals surface area contributed by atoms with Gasteiger partial charge in [0.1, 0.15) is 5.75 Å². The molecule has 1 fully saturated rings. The molecular formula is C17H26N2O2. The van der Waals surface area contributed by atoms with E-state index in [4.69, 9.17) is 4.74 Å². The largest absolute Gasteiger partial charge is 0.484 e. The van der Waals surface area contributed by atoms with Gasteiger partial charge in [0, 0.05) is 24.8 Å². The molecule has 116 valence electrons. The lowest BCUT2D eigenvalue weighted by Gasteiger charge is -2.20. The summed E-state index contributed by atoms with van der Waals surface area (Å²) < 4.78 is 5.48. The van der Waals surface area contributed by atoms with Crippen molar-refractivity contribution in [2.24, 2.45) is 11.3 Å². The lowest BCUT2D eigenvalue weighted by molar-refractivity contribution is -0.122. The van der Waals surface area contributed by atoms with E-state index >= 15 is 0 Å². The van der Waals surface area contributed by atoms with E-state index in [0.717, 1.165) is 5.69 Å². The molecule has 1 aliphatic carbocycles. The molecule has 1 aromatic rings. The van der Waals surface area contributed by atoms with Crippen LogP contribution >= 0.6 is 0 Å². The van der Waals surface area contributed by atoms with E-state index in [1.54, 1.807) is 7.05 Å². The van der Waals surface area contributed by atoms with E-state index < -0.39 is 0 Å². The Morgan fingerprint density at radius 3 is 2.76 bits per heavy atom. The Balaban J connectivity index is 1.96. The van der Waals surface area contributed by atoms with Crippen LogP contribution < -0.4 is 15.4 Å². The van der Waals surface area contributed by atoms with Gasteiger partial charge in [-0.2, -0.15) is 0 Å². The molecule has 2 atom stereocenters. The zero-order valence-corrected chi connectivity index (χ0v) is 13.4. The molecule has 0 heterocycles. The van der Waals surface area contributed by atoms with Crippen LogP contribution in [-0.4, -0.2) is 25.6 Å². The van der Waals surface area contributed by atoms with Crippen LogP contribution in [0.1, 0.15) is 33.6 Å².